The van der Waals surface area contributed by atoms with E-state index in [1.807, 2.05) is 16.8 Å². The summed E-state index contributed by atoms with van der Waals surface area (Å²) in [5.41, 5.74) is 3.05. The van der Waals surface area contributed by atoms with Crippen LogP contribution in [0, 0.1) is 0 Å². The van der Waals surface area contributed by atoms with Crippen molar-refractivity contribution < 1.29 is 0 Å². The van der Waals surface area contributed by atoms with Crippen LogP contribution in [0.4, 0.5) is 0 Å². The van der Waals surface area contributed by atoms with Crippen molar-refractivity contribution in [2.75, 3.05) is 20.1 Å². The van der Waals surface area contributed by atoms with Gasteiger partial charge in [0.25, 0.3) is 0 Å². The maximum absolute atomic E-state index is 4.30. The Balaban J connectivity index is 1.66. The third-order valence-electron chi connectivity index (χ3n) is 2.83. The van der Waals surface area contributed by atoms with E-state index in [4.69, 9.17) is 0 Å². The molecular weight excluding hydrogens is 262 g/mol. The van der Waals surface area contributed by atoms with Crippen molar-refractivity contribution >= 4 is 22.7 Å². The quantitative estimate of drug-likeness (QED) is 0.845. The molecule has 18 heavy (non-hydrogen) atoms. The lowest BCUT2D eigenvalue weighted by atomic mass is 10.3. The first-order valence-corrected chi connectivity index (χ1v) is 7.90. The standard InChI is InChI=1S/C13H19N3S2/c1-11(13-4-3-7-18-13)14-5-6-16(2)8-12-9-17-10-15-12/h3-4,7,9-11,14H,5-6,8H2,1-2H3. The van der Waals surface area contributed by atoms with Crippen molar-refractivity contribution in [1.82, 2.24) is 15.2 Å². The van der Waals surface area contributed by atoms with Gasteiger partial charge in [-0.3, -0.25) is 4.90 Å². The van der Waals surface area contributed by atoms with Crippen LogP contribution in [0.25, 0.3) is 0 Å². The van der Waals surface area contributed by atoms with E-state index < -0.39 is 0 Å². The third kappa shape index (κ3) is 4.17. The molecule has 0 amide bonds. The SMILES string of the molecule is CC(NCCN(C)Cc1cscn1)c1cccs1. The van der Waals surface area contributed by atoms with E-state index in [2.05, 4.69) is 52.1 Å². The minimum Gasteiger partial charge on any atom is -0.308 e. The van der Waals surface area contributed by atoms with Gasteiger partial charge < -0.3 is 5.32 Å². The lowest BCUT2D eigenvalue weighted by Gasteiger charge is -2.18. The molecule has 0 saturated carbocycles. The Morgan fingerprint density at radius 2 is 2.39 bits per heavy atom. The summed E-state index contributed by atoms with van der Waals surface area (Å²) in [4.78, 5) is 7.99. The van der Waals surface area contributed by atoms with Gasteiger partial charge in [0.15, 0.2) is 0 Å². The van der Waals surface area contributed by atoms with E-state index in [-0.39, 0.29) is 0 Å². The third-order valence-corrected chi connectivity index (χ3v) is 4.52. The van der Waals surface area contributed by atoms with Crippen LogP contribution in [0.2, 0.25) is 0 Å². The van der Waals surface area contributed by atoms with Crippen LogP contribution in [0.3, 0.4) is 0 Å². The molecule has 0 aromatic carbocycles. The fourth-order valence-electron chi connectivity index (χ4n) is 1.78. The van der Waals surface area contributed by atoms with Gasteiger partial charge in [-0.05, 0) is 25.4 Å². The van der Waals surface area contributed by atoms with E-state index in [0.717, 1.165) is 25.3 Å². The van der Waals surface area contributed by atoms with Gasteiger partial charge in [-0.15, -0.1) is 22.7 Å². The molecule has 0 aliphatic heterocycles. The van der Waals surface area contributed by atoms with E-state index in [0.29, 0.717) is 6.04 Å². The molecular formula is C13H19N3S2. The minimum absolute atomic E-state index is 0.442. The molecule has 0 saturated heterocycles. The molecule has 2 rings (SSSR count). The topological polar surface area (TPSA) is 28.2 Å². The number of nitrogens with one attached hydrogen (secondary N) is 1. The van der Waals surface area contributed by atoms with Gasteiger partial charge in [-0.2, -0.15) is 0 Å². The van der Waals surface area contributed by atoms with Crippen molar-refractivity contribution in [1.29, 1.82) is 0 Å². The summed E-state index contributed by atoms with van der Waals surface area (Å²) in [6.45, 7) is 5.18. The van der Waals surface area contributed by atoms with Gasteiger partial charge in [-0.1, -0.05) is 6.07 Å². The first-order valence-electron chi connectivity index (χ1n) is 6.08. The van der Waals surface area contributed by atoms with E-state index in [1.54, 1.807) is 11.3 Å². The molecule has 1 unspecified atom stereocenters. The first kappa shape index (κ1) is 13.7. The molecule has 1 N–H and O–H groups in total. The molecule has 98 valence electrons. The summed E-state index contributed by atoms with van der Waals surface area (Å²) in [5, 5.41) is 7.78. The van der Waals surface area contributed by atoms with Gasteiger partial charge in [0.1, 0.15) is 0 Å². The zero-order valence-corrected chi connectivity index (χ0v) is 12.4. The molecule has 1 atom stereocenters. The van der Waals surface area contributed by atoms with E-state index in [9.17, 15) is 0 Å². The highest BCUT2D eigenvalue weighted by Crippen LogP contribution is 2.17. The second-order valence-electron chi connectivity index (χ2n) is 4.41. The van der Waals surface area contributed by atoms with Crippen molar-refractivity contribution in [3.8, 4) is 0 Å². The summed E-state index contributed by atoms with van der Waals surface area (Å²) in [7, 11) is 2.14. The van der Waals surface area contributed by atoms with Crippen LogP contribution in [-0.4, -0.2) is 30.0 Å². The fraction of sp³-hybridized carbons (Fsp3) is 0.462. The number of thiazole rings is 1. The highest BCUT2D eigenvalue weighted by Gasteiger charge is 2.06. The number of hydrogen-bond donors (Lipinski definition) is 1. The van der Waals surface area contributed by atoms with E-state index >= 15 is 0 Å². The Kier molecular flexibility index (Phi) is 5.31. The number of likely N-dealkylation sites (N-methyl/N-ethyl adjacent to an activating group) is 1. The minimum atomic E-state index is 0.442. The van der Waals surface area contributed by atoms with Gasteiger partial charge in [0, 0.05) is 35.9 Å². The summed E-state index contributed by atoms with van der Waals surface area (Å²) < 4.78 is 0. The number of rotatable bonds is 7. The molecule has 2 aromatic heterocycles. The highest BCUT2D eigenvalue weighted by atomic mass is 32.1. The molecule has 5 heteroatoms. The highest BCUT2D eigenvalue weighted by molar-refractivity contribution is 7.10. The first-order chi connectivity index (χ1) is 8.75. The average Bonchev–Trinajstić information content (AvgIpc) is 3.00. The van der Waals surface area contributed by atoms with Crippen molar-refractivity contribution in [3.63, 3.8) is 0 Å². The summed E-state index contributed by atoms with van der Waals surface area (Å²) in [6, 6.07) is 4.73. The van der Waals surface area contributed by atoms with Crippen LogP contribution in [0.5, 0.6) is 0 Å². The van der Waals surface area contributed by atoms with Crippen LogP contribution in [-0.2, 0) is 6.54 Å². The van der Waals surface area contributed by atoms with Crippen LogP contribution in [0.1, 0.15) is 23.5 Å². The van der Waals surface area contributed by atoms with Gasteiger partial charge >= 0.3 is 0 Å². The summed E-state index contributed by atoms with van der Waals surface area (Å²) in [5.74, 6) is 0. The summed E-state index contributed by atoms with van der Waals surface area (Å²) in [6.07, 6.45) is 0. The number of nitrogens with zero attached hydrogens (tertiary/aromatic N) is 2. The Bertz CT molecular complexity index is 425. The predicted octanol–water partition coefficient (Wildman–Crippen LogP) is 2.99. The molecule has 0 spiro atoms. The molecule has 0 radical (unpaired) electrons. The van der Waals surface area contributed by atoms with Crippen molar-refractivity contribution in [2.45, 2.75) is 19.5 Å². The number of thiophene rings is 1. The Labute approximate surface area is 116 Å². The second kappa shape index (κ2) is 6.99. The lowest BCUT2D eigenvalue weighted by Crippen LogP contribution is -2.30. The predicted molar refractivity (Wildman–Crippen MR) is 79.2 cm³/mol. The van der Waals surface area contributed by atoms with Crippen LogP contribution >= 0.6 is 22.7 Å². The maximum atomic E-state index is 4.30. The van der Waals surface area contributed by atoms with Gasteiger partial charge in [-0.25, -0.2) is 4.98 Å². The van der Waals surface area contributed by atoms with Crippen molar-refractivity contribution in [3.05, 3.63) is 39.0 Å². The van der Waals surface area contributed by atoms with Crippen molar-refractivity contribution in [2.24, 2.45) is 0 Å². The zero-order valence-electron chi connectivity index (χ0n) is 10.8. The molecule has 3 nitrogen and oxygen atoms in total. The second-order valence-corrected chi connectivity index (χ2v) is 6.11. The van der Waals surface area contributed by atoms with Crippen LogP contribution < -0.4 is 5.32 Å². The number of aromatic nitrogens is 1. The van der Waals surface area contributed by atoms with Gasteiger partial charge in [0.2, 0.25) is 0 Å². The maximum Gasteiger partial charge on any atom is 0.0795 e. The van der Waals surface area contributed by atoms with E-state index in [1.165, 1.54) is 4.88 Å². The van der Waals surface area contributed by atoms with Crippen LogP contribution in [0.15, 0.2) is 28.4 Å². The normalized spacial score (nSPS) is 13.1. The molecule has 0 aliphatic rings. The largest absolute Gasteiger partial charge is 0.308 e. The monoisotopic (exact) mass is 281 g/mol. The molecule has 2 heterocycles. The van der Waals surface area contributed by atoms with Gasteiger partial charge in [0.05, 0.1) is 11.2 Å². The fourth-order valence-corrected chi connectivity index (χ4v) is 3.09. The summed E-state index contributed by atoms with van der Waals surface area (Å²) >= 11 is 3.47. The number of hydrogen-bond acceptors (Lipinski definition) is 5. The Morgan fingerprint density at radius 3 is 3.06 bits per heavy atom. The Hall–Kier alpha value is -0.750. The average molecular weight is 281 g/mol. The Morgan fingerprint density at radius 1 is 1.50 bits per heavy atom. The smallest absolute Gasteiger partial charge is 0.0795 e. The molecule has 0 fully saturated rings. The zero-order chi connectivity index (χ0) is 12.8. The molecule has 0 aliphatic carbocycles. The lowest BCUT2D eigenvalue weighted by molar-refractivity contribution is 0.316. The molecule has 0 bridgehead atoms. The molecule has 2 aromatic rings.